The molecule has 1 aliphatic heterocycles. The molecule has 0 bridgehead atoms. The summed E-state index contributed by atoms with van der Waals surface area (Å²) in [5.41, 5.74) is 1.03. The average molecular weight is 239 g/mol. The van der Waals surface area contributed by atoms with E-state index in [9.17, 15) is 4.79 Å². The minimum absolute atomic E-state index is 0.224. The maximum Gasteiger partial charge on any atom is 0.222 e. The quantitative estimate of drug-likeness (QED) is 0.749. The molecular formula is C12H15ClN2O. The van der Waals surface area contributed by atoms with Gasteiger partial charge in [-0.2, -0.15) is 0 Å². The van der Waals surface area contributed by atoms with Crippen LogP contribution in [-0.2, 0) is 11.2 Å². The van der Waals surface area contributed by atoms with Crippen molar-refractivity contribution in [3.63, 3.8) is 0 Å². The number of hydrogen-bond acceptors (Lipinski definition) is 2. The summed E-state index contributed by atoms with van der Waals surface area (Å²) in [6.07, 6.45) is 3.20. The molecule has 1 aliphatic rings. The Morgan fingerprint density at radius 1 is 1.50 bits per heavy atom. The molecule has 0 aromatic carbocycles. The zero-order chi connectivity index (χ0) is 11.4. The highest BCUT2D eigenvalue weighted by Gasteiger charge is 2.28. The lowest BCUT2D eigenvalue weighted by Crippen LogP contribution is -2.27. The normalized spacial score (nSPS) is 20.4. The van der Waals surface area contributed by atoms with Gasteiger partial charge in [-0.25, -0.2) is 0 Å². The molecule has 0 N–H and O–H groups in total. The molecule has 16 heavy (non-hydrogen) atoms. The van der Waals surface area contributed by atoms with Crippen molar-refractivity contribution in [3.05, 3.63) is 30.1 Å². The van der Waals surface area contributed by atoms with Crippen molar-refractivity contribution in [2.45, 2.75) is 12.8 Å². The highest BCUT2D eigenvalue weighted by Crippen LogP contribution is 2.18. The Kier molecular flexibility index (Phi) is 3.78. The largest absolute Gasteiger partial charge is 0.342 e. The number of likely N-dealkylation sites (tertiary alicyclic amines) is 1. The molecule has 2 heterocycles. The van der Waals surface area contributed by atoms with Gasteiger partial charge in [0.25, 0.3) is 0 Å². The summed E-state index contributed by atoms with van der Waals surface area (Å²) in [4.78, 5) is 17.7. The first-order valence-electron chi connectivity index (χ1n) is 5.53. The van der Waals surface area contributed by atoms with Crippen LogP contribution in [0.2, 0.25) is 0 Å². The first kappa shape index (κ1) is 11.4. The minimum Gasteiger partial charge on any atom is -0.342 e. The van der Waals surface area contributed by atoms with Gasteiger partial charge in [0.2, 0.25) is 5.91 Å². The van der Waals surface area contributed by atoms with Crippen molar-refractivity contribution < 1.29 is 4.79 Å². The molecule has 1 aromatic rings. The fourth-order valence-corrected chi connectivity index (χ4v) is 2.18. The lowest BCUT2D eigenvalue weighted by atomic mass is 10.1. The number of carbonyl (C=O) groups excluding carboxylic acids is 1. The third-order valence-corrected chi connectivity index (χ3v) is 3.31. The van der Waals surface area contributed by atoms with Crippen LogP contribution in [0.25, 0.3) is 0 Å². The molecule has 4 heteroatoms. The SMILES string of the molecule is O=C1CC(CCl)CN1CCc1ccccn1. The molecule has 1 atom stereocenters. The number of amides is 1. The molecule has 1 fully saturated rings. The van der Waals surface area contributed by atoms with Crippen LogP contribution < -0.4 is 0 Å². The minimum atomic E-state index is 0.224. The van der Waals surface area contributed by atoms with Gasteiger partial charge in [0.15, 0.2) is 0 Å². The smallest absolute Gasteiger partial charge is 0.222 e. The number of pyridine rings is 1. The number of alkyl halides is 1. The van der Waals surface area contributed by atoms with Crippen LogP contribution >= 0.6 is 11.6 Å². The Morgan fingerprint density at radius 2 is 2.38 bits per heavy atom. The van der Waals surface area contributed by atoms with Crippen LogP contribution in [0.5, 0.6) is 0 Å². The highest BCUT2D eigenvalue weighted by molar-refractivity contribution is 6.18. The molecule has 0 aliphatic carbocycles. The zero-order valence-corrected chi connectivity index (χ0v) is 9.86. The summed E-state index contributed by atoms with van der Waals surface area (Å²) in [5, 5.41) is 0. The van der Waals surface area contributed by atoms with Crippen molar-refractivity contribution in [2.24, 2.45) is 5.92 Å². The van der Waals surface area contributed by atoms with E-state index in [4.69, 9.17) is 11.6 Å². The molecule has 1 aromatic heterocycles. The maximum absolute atomic E-state index is 11.6. The highest BCUT2D eigenvalue weighted by atomic mass is 35.5. The molecule has 0 radical (unpaired) electrons. The molecule has 3 nitrogen and oxygen atoms in total. The van der Waals surface area contributed by atoms with Gasteiger partial charge >= 0.3 is 0 Å². The second-order valence-corrected chi connectivity index (χ2v) is 4.44. The van der Waals surface area contributed by atoms with Crippen LogP contribution in [0.3, 0.4) is 0 Å². The summed E-state index contributed by atoms with van der Waals surface area (Å²) >= 11 is 5.76. The van der Waals surface area contributed by atoms with Gasteiger partial charge in [0.1, 0.15) is 0 Å². The van der Waals surface area contributed by atoms with Crippen molar-refractivity contribution >= 4 is 17.5 Å². The van der Waals surface area contributed by atoms with Crippen LogP contribution in [0.1, 0.15) is 12.1 Å². The van der Waals surface area contributed by atoms with E-state index in [1.165, 1.54) is 0 Å². The van der Waals surface area contributed by atoms with Crippen molar-refractivity contribution in [2.75, 3.05) is 19.0 Å². The summed E-state index contributed by atoms with van der Waals surface area (Å²) in [6.45, 7) is 1.55. The fourth-order valence-electron chi connectivity index (χ4n) is 1.97. The van der Waals surface area contributed by atoms with Crippen molar-refractivity contribution in [3.8, 4) is 0 Å². The second-order valence-electron chi connectivity index (χ2n) is 4.14. The number of nitrogens with zero attached hydrogens (tertiary/aromatic N) is 2. The average Bonchev–Trinajstić information content (AvgIpc) is 2.69. The second kappa shape index (κ2) is 5.30. The number of rotatable bonds is 4. The lowest BCUT2D eigenvalue weighted by molar-refractivity contribution is -0.127. The summed E-state index contributed by atoms with van der Waals surface area (Å²) in [5.74, 6) is 1.13. The van der Waals surface area contributed by atoms with Gasteiger partial charge in [0, 0.05) is 43.7 Å². The Hall–Kier alpha value is -1.09. The van der Waals surface area contributed by atoms with Gasteiger partial charge in [0.05, 0.1) is 0 Å². The van der Waals surface area contributed by atoms with E-state index in [1.54, 1.807) is 6.20 Å². The Bertz CT molecular complexity index is 355. The van der Waals surface area contributed by atoms with E-state index in [0.717, 1.165) is 25.2 Å². The van der Waals surface area contributed by atoms with Gasteiger partial charge in [-0.3, -0.25) is 9.78 Å². The first-order valence-corrected chi connectivity index (χ1v) is 6.06. The monoisotopic (exact) mass is 238 g/mol. The molecule has 2 rings (SSSR count). The van der Waals surface area contributed by atoms with Crippen LogP contribution in [0, 0.1) is 5.92 Å². The fraction of sp³-hybridized carbons (Fsp3) is 0.500. The standard InChI is InChI=1S/C12H15ClN2O/c13-8-10-7-12(16)15(9-10)6-4-11-3-1-2-5-14-11/h1-3,5,10H,4,6-9H2. The van der Waals surface area contributed by atoms with Crippen LogP contribution in [0.15, 0.2) is 24.4 Å². The number of halogens is 1. The summed E-state index contributed by atoms with van der Waals surface area (Å²) in [7, 11) is 0. The van der Waals surface area contributed by atoms with E-state index >= 15 is 0 Å². The van der Waals surface area contributed by atoms with Crippen LogP contribution in [0.4, 0.5) is 0 Å². The Labute approximate surface area is 100 Å². The number of hydrogen-bond donors (Lipinski definition) is 0. The lowest BCUT2D eigenvalue weighted by Gasteiger charge is -2.15. The van der Waals surface area contributed by atoms with Gasteiger partial charge in [-0.05, 0) is 18.1 Å². The maximum atomic E-state index is 11.6. The predicted molar refractivity (Wildman–Crippen MR) is 63.3 cm³/mol. The summed E-state index contributed by atoms with van der Waals surface area (Å²) < 4.78 is 0. The zero-order valence-electron chi connectivity index (χ0n) is 9.10. The third kappa shape index (κ3) is 2.73. The molecule has 1 amide bonds. The van der Waals surface area contributed by atoms with Crippen molar-refractivity contribution in [1.29, 1.82) is 0 Å². The Balaban J connectivity index is 1.85. The molecule has 1 unspecified atom stereocenters. The first-order chi connectivity index (χ1) is 7.79. The van der Waals surface area contributed by atoms with E-state index < -0.39 is 0 Å². The van der Waals surface area contributed by atoms with E-state index in [1.807, 2.05) is 23.1 Å². The molecule has 0 spiro atoms. The van der Waals surface area contributed by atoms with Gasteiger partial charge < -0.3 is 4.90 Å². The van der Waals surface area contributed by atoms with Gasteiger partial charge in [-0.1, -0.05) is 6.07 Å². The Morgan fingerprint density at radius 3 is 3.00 bits per heavy atom. The van der Waals surface area contributed by atoms with E-state index in [0.29, 0.717) is 18.2 Å². The molecular weight excluding hydrogens is 224 g/mol. The van der Waals surface area contributed by atoms with Crippen molar-refractivity contribution in [1.82, 2.24) is 9.88 Å². The van der Waals surface area contributed by atoms with Gasteiger partial charge in [-0.15, -0.1) is 11.6 Å². The number of aromatic nitrogens is 1. The molecule has 0 saturated carbocycles. The molecule has 1 saturated heterocycles. The topological polar surface area (TPSA) is 33.2 Å². The number of carbonyl (C=O) groups is 1. The van der Waals surface area contributed by atoms with E-state index in [2.05, 4.69) is 4.98 Å². The third-order valence-electron chi connectivity index (χ3n) is 2.88. The van der Waals surface area contributed by atoms with Crippen LogP contribution in [-0.4, -0.2) is 34.8 Å². The summed E-state index contributed by atoms with van der Waals surface area (Å²) in [6, 6.07) is 5.85. The predicted octanol–water partition coefficient (Wildman–Crippen LogP) is 1.71. The molecule has 86 valence electrons. The van der Waals surface area contributed by atoms with E-state index in [-0.39, 0.29) is 5.91 Å².